The molecule has 0 unspecified atom stereocenters. The van der Waals surface area contributed by atoms with Gasteiger partial charge in [-0.3, -0.25) is 0 Å². The van der Waals surface area contributed by atoms with E-state index >= 15 is 0 Å². The lowest BCUT2D eigenvalue weighted by atomic mass is 10.2. The lowest BCUT2D eigenvalue weighted by Crippen LogP contribution is -2.15. The predicted molar refractivity (Wildman–Crippen MR) is 67.1 cm³/mol. The SMILES string of the molecule is CCCCSc1nc(C)ccc1C(N)=NO. The molecule has 0 atom stereocenters. The number of pyridine rings is 1. The first-order valence-electron chi connectivity index (χ1n) is 5.27. The first-order valence-corrected chi connectivity index (χ1v) is 6.26. The van der Waals surface area contributed by atoms with Crippen molar-refractivity contribution < 1.29 is 5.21 Å². The summed E-state index contributed by atoms with van der Waals surface area (Å²) in [5, 5.41) is 12.5. The van der Waals surface area contributed by atoms with Crippen LogP contribution in [-0.2, 0) is 0 Å². The standard InChI is InChI=1S/C11H17N3OS/c1-3-4-7-16-11-9(10(12)14-15)6-5-8(2)13-11/h5-6,15H,3-4,7H2,1-2H3,(H2,12,14). The van der Waals surface area contributed by atoms with E-state index in [1.54, 1.807) is 11.8 Å². The van der Waals surface area contributed by atoms with Crippen LogP contribution in [0.5, 0.6) is 0 Å². The van der Waals surface area contributed by atoms with Crippen LogP contribution in [0, 0.1) is 6.92 Å². The minimum atomic E-state index is 0.117. The van der Waals surface area contributed by atoms with Gasteiger partial charge in [-0.25, -0.2) is 4.98 Å². The highest BCUT2D eigenvalue weighted by Crippen LogP contribution is 2.22. The van der Waals surface area contributed by atoms with E-state index in [9.17, 15) is 0 Å². The highest BCUT2D eigenvalue weighted by atomic mass is 32.2. The number of hydrogen-bond donors (Lipinski definition) is 2. The van der Waals surface area contributed by atoms with E-state index in [1.807, 2.05) is 19.1 Å². The molecule has 88 valence electrons. The van der Waals surface area contributed by atoms with Gasteiger partial charge in [-0.2, -0.15) is 0 Å². The maximum Gasteiger partial charge on any atom is 0.172 e. The normalized spacial score (nSPS) is 11.8. The molecule has 0 aliphatic carbocycles. The summed E-state index contributed by atoms with van der Waals surface area (Å²) in [6.45, 7) is 4.08. The lowest BCUT2D eigenvalue weighted by molar-refractivity contribution is 0.318. The zero-order valence-electron chi connectivity index (χ0n) is 9.60. The lowest BCUT2D eigenvalue weighted by Gasteiger charge is -2.07. The van der Waals surface area contributed by atoms with Gasteiger partial charge >= 0.3 is 0 Å². The maximum absolute atomic E-state index is 8.68. The van der Waals surface area contributed by atoms with Gasteiger partial charge in [-0.15, -0.1) is 11.8 Å². The van der Waals surface area contributed by atoms with Crippen molar-refractivity contribution in [3.8, 4) is 0 Å². The average Bonchev–Trinajstić information content (AvgIpc) is 2.29. The van der Waals surface area contributed by atoms with E-state index in [0.717, 1.165) is 29.3 Å². The summed E-state index contributed by atoms with van der Waals surface area (Å²) in [7, 11) is 0. The number of nitrogens with zero attached hydrogens (tertiary/aromatic N) is 2. The Morgan fingerprint density at radius 3 is 2.94 bits per heavy atom. The zero-order chi connectivity index (χ0) is 12.0. The minimum Gasteiger partial charge on any atom is -0.409 e. The number of nitrogens with two attached hydrogens (primary N) is 1. The highest BCUT2D eigenvalue weighted by molar-refractivity contribution is 7.99. The van der Waals surface area contributed by atoms with Crippen molar-refractivity contribution in [2.75, 3.05) is 5.75 Å². The molecule has 0 saturated carbocycles. The van der Waals surface area contributed by atoms with Crippen LogP contribution in [0.4, 0.5) is 0 Å². The van der Waals surface area contributed by atoms with Crippen LogP contribution in [-0.4, -0.2) is 21.8 Å². The number of thioether (sulfide) groups is 1. The van der Waals surface area contributed by atoms with Gasteiger partial charge in [0.1, 0.15) is 5.03 Å². The highest BCUT2D eigenvalue weighted by Gasteiger charge is 2.09. The van der Waals surface area contributed by atoms with Crippen LogP contribution in [0.15, 0.2) is 22.3 Å². The maximum atomic E-state index is 8.68. The predicted octanol–water partition coefficient (Wildman–Crippen LogP) is 2.38. The second-order valence-corrected chi connectivity index (χ2v) is 4.58. The summed E-state index contributed by atoms with van der Waals surface area (Å²) >= 11 is 1.65. The molecule has 0 aliphatic rings. The molecular weight excluding hydrogens is 222 g/mol. The summed E-state index contributed by atoms with van der Waals surface area (Å²) < 4.78 is 0. The molecule has 0 aromatic carbocycles. The fraction of sp³-hybridized carbons (Fsp3) is 0.455. The summed E-state index contributed by atoms with van der Waals surface area (Å²) in [6.07, 6.45) is 2.29. The smallest absolute Gasteiger partial charge is 0.172 e. The van der Waals surface area contributed by atoms with Gasteiger partial charge in [0, 0.05) is 5.69 Å². The van der Waals surface area contributed by atoms with Gasteiger partial charge in [0.2, 0.25) is 0 Å². The fourth-order valence-electron chi connectivity index (χ4n) is 1.20. The number of hydrogen-bond acceptors (Lipinski definition) is 4. The van der Waals surface area contributed by atoms with Crippen molar-refractivity contribution in [3.05, 3.63) is 23.4 Å². The second-order valence-electron chi connectivity index (χ2n) is 3.49. The molecule has 1 aromatic heterocycles. The molecule has 1 heterocycles. The Morgan fingerprint density at radius 1 is 1.56 bits per heavy atom. The minimum absolute atomic E-state index is 0.117. The van der Waals surface area contributed by atoms with Crippen molar-refractivity contribution in [2.24, 2.45) is 10.9 Å². The van der Waals surface area contributed by atoms with E-state index in [4.69, 9.17) is 10.9 Å². The molecule has 0 bridgehead atoms. The van der Waals surface area contributed by atoms with Gasteiger partial charge in [-0.05, 0) is 31.2 Å². The third-order valence-corrected chi connectivity index (χ3v) is 3.20. The molecular formula is C11H17N3OS. The molecule has 5 heteroatoms. The Kier molecular flexibility index (Phi) is 5.11. The van der Waals surface area contributed by atoms with Gasteiger partial charge < -0.3 is 10.9 Å². The number of unbranched alkanes of at least 4 members (excludes halogenated alkanes) is 1. The van der Waals surface area contributed by atoms with Gasteiger partial charge in [0.25, 0.3) is 0 Å². The van der Waals surface area contributed by atoms with Crippen LogP contribution in [0.25, 0.3) is 0 Å². The molecule has 16 heavy (non-hydrogen) atoms. The Hall–Kier alpha value is -1.23. The second kappa shape index (κ2) is 6.37. The third kappa shape index (κ3) is 3.41. The number of oxime groups is 1. The first kappa shape index (κ1) is 12.8. The summed E-state index contributed by atoms with van der Waals surface area (Å²) in [6, 6.07) is 3.70. The summed E-state index contributed by atoms with van der Waals surface area (Å²) in [4.78, 5) is 4.40. The quantitative estimate of drug-likeness (QED) is 0.207. The van der Waals surface area contributed by atoms with Gasteiger partial charge in [-0.1, -0.05) is 18.5 Å². The largest absolute Gasteiger partial charge is 0.409 e. The van der Waals surface area contributed by atoms with Crippen molar-refractivity contribution >= 4 is 17.6 Å². The van der Waals surface area contributed by atoms with Crippen LogP contribution >= 0.6 is 11.8 Å². The van der Waals surface area contributed by atoms with Crippen molar-refractivity contribution in [1.29, 1.82) is 0 Å². The van der Waals surface area contributed by atoms with E-state index in [1.165, 1.54) is 0 Å². The first-order chi connectivity index (χ1) is 7.69. The van der Waals surface area contributed by atoms with Crippen molar-refractivity contribution in [2.45, 2.75) is 31.7 Å². The van der Waals surface area contributed by atoms with E-state index < -0.39 is 0 Å². The average molecular weight is 239 g/mol. The fourth-order valence-corrected chi connectivity index (χ4v) is 2.37. The number of aromatic nitrogens is 1. The molecule has 0 aliphatic heterocycles. The molecule has 0 fully saturated rings. The molecule has 0 amide bonds. The topological polar surface area (TPSA) is 71.5 Å². The van der Waals surface area contributed by atoms with Gasteiger partial charge in [0.15, 0.2) is 5.84 Å². The van der Waals surface area contributed by atoms with Crippen LogP contribution in [0.1, 0.15) is 31.0 Å². The summed E-state index contributed by atoms with van der Waals surface area (Å²) in [5.74, 6) is 1.12. The van der Waals surface area contributed by atoms with Crippen LogP contribution < -0.4 is 5.73 Å². The molecule has 1 rings (SSSR count). The Labute approximate surface area is 99.9 Å². The number of amidine groups is 1. The van der Waals surface area contributed by atoms with Crippen molar-refractivity contribution in [1.82, 2.24) is 4.98 Å². The van der Waals surface area contributed by atoms with Crippen LogP contribution in [0.3, 0.4) is 0 Å². The van der Waals surface area contributed by atoms with E-state index in [0.29, 0.717) is 5.56 Å². The molecule has 3 N–H and O–H groups in total. The molecule has 0 spiro atoms. The molecule has 4 nitrogen and oxygen atoms in total. The monoisotopic (exact) mass is 239 g/mol. The van der Waals surface area contributed by atoms with Crippen molar-refractivity contribution in [3.63, 3.8) is 0 Å². The molecule has 0 saturated heterocycles. The molecule has 1 aromatic rings. The third-order valence-electron chi connectivity index (χ3n) is 2.12. The zero-order valence-corrected chi connectivity index (χ0v) is 10.4. The Morgan fingerprint density at radius 2 is 2.31 bits per heavy atom. The summed E-state index contributed by atoms with van der Waals surface area (Å²) in [5.41, 5.74) is 7.24. The van der Waals surface area contributed by atoms with Crippen LogP contribution in [0.2, 0.25) is 0 Å². The Bertz CT molecular complexity index is 379. The van der Waals surface area contributed by atoms with Gasteiger partial charge in [0.05, 0.1) is 5.56 Å². The Balaban J connectivity index is 2.90. The van der Waals surface area contributed by atoms with E-state index in [-0.39, 0.29) is 5.84 Å². The number of rotatable bonds is 5. The molecule has 0 radical (unpaired) electrons. The van der Waals surface area contributed by atoms with E-state index in [2.05, 4.69) is 17.1 Å². The number of aryl methyl sites for hydroxylation is 1.